The molecule has 0 aliphatic heterocycles. The molecule has 0 spiro atoms. The third-order valence-electron chi connectivity index (χ3n) is 2.27. The molecule has 1 fully saturated rings. The van der Waals surface area contributed by atoms with Crippen LogP contribution in [-0.4, -0.2) is 34.2 Å². The summed E-state index contributed by atoms with van der Waals surface area (Å²) in [7, 11) is 0. The molecule has 2 rings (SSSR count). The van der Waals surface area contributed by atoms with E-state index in [-0.39, 0.29) is 5.91 Å². The Labute approximate surface area is 113 Å². The minimum absolute atomic E-state index is 0.0989. The van der Waals surface area contributed by atoms with Crippen molar-refractivity contribution in [2.24, 2.45) is 5.92 Å². The van der Waals surface area contributed by atoms with Crippen LogP contribution in [0.3, 0.4) is 0 Å². The zero-order valence-electron chi connectivity index (χ0n) is 9.64. The SMILES string of the molecule is CCSc1nnc(SCC(=O)NCC2CC2)s1. The average Bonchev–Trinajstić information content (AvgIpc) is 3.05. The van der Waals surface area contributed by atoms with Crippen molar-refractivity contribution in [2.45, 2.75) is 28.4 Å². The van der Waals surface area contributed by atoms with E-state index < -0.39 is 0 Å². The van der Waals surface area contributed by atoms with Crippen molar-refractivity contribution < 1.29 is 4.79 Å². The molecule has 17 heavy (non-hydrogen) atoms. The van der Waals surface area contributed by atoms with E-state index in [2.05, 4.69) is 22.4 Å². The van der Waals surface area contributed by atoms with Crippen molar-refractivity contribution in [1.29, 1.82) is 0 Å². The molecule has 1 N–H and O–H groups in total. The molecule has 0 unspecified atom stereocenters. The fourth-order valence-corrected chi connectivity index (χ4v) is 3.94. The van der Waals surface area contributed by atoms with Gasteiger partial charge in [0.2, 0.25) is 5.91 Å². The summed E-state index contributed by atoms with van der Waals surface area (Å²) < 4.78 is 1.86. The van der Waals surface area contributed by atoms with Gasteiger partial charge in [-0.1, -0.05) is 41.8 Å². The summed E-state index contributed by atoms with van der Waals surface area (Å²) in [6.45, 7) is 2.93. The second kappa shape index (κ2) is 6.61. The molecule has 1 aliphatic rings. The van der Waals surface area contributed by atoms with Crippen LogP contribution in [0.2, 0.25) is 0 Å². The predicted octanol–water partition coefficient (Wildman–Crippen LogP) is 2.27. The highest BCUT2D eigenvalue weighted by Gasteiger charge is 2.21. The van der Waals surface area contributed by atoms with E-state index in [0.29, 0.717) is 5.75 Å². The molecule has 1 aliphatic carbocycles. The van der Waals surface area contributed by atoms with Crippen molar-refractivity contribution in [3.8, 4) is 0 Å². The first kappa shape index (κ1) is 13.2. The van der Waals surface area contributed by atoms with Crippen molar-refractivity contribution in [3.63, 3.8) is 0 Å². The Morgan fingerprint density at radius 3 is 2.76 bits per heavy atom. The second-order valence-corrected chi connectivity index (χ2v) is 7.51. The van der Waals surface area contributed by atoms with Crippen molar-refractivity contribution >= 4 is 40.8 Å². The Bertz CT molecular complexity index is 379. The predicted molar refractivity (Wildman–Crippen MR) is 72.8 cm³/mol. The van der Waals surface area contributed by atoms with E-state index in [1.54, 1.807) is 23.1 Å². The van der Waals surface area contributed by atoms with Gasteiger partial charge in [-0.3, -0.25) is 4.79 Å². The van der Waals surface area contributed by atoms with E-state index in [0.717, 1.165) is 26.9 Å². The summed E-state index contributed by atoms with van der Waals surface area (Å²) >= 11 is 4.71. The van der Waals surface area contributed by atoms with Gasteiger partial charge >= 0.3 is 0 Å². The lowest BCUT2D eigenvalue weighted by molar-refractivity contribution is -0.118. The van der Waals surface area contributed by atoms with Gasteiger partial charge in [-0.15, -0.1) is 10.2 Å². The Hall–Kier alpha value is -0.270. The second-order valence-electron chi connectivity index (χ2n) is 3.80. The molecule has 1 saturated carbocycles. The molecule has 1 amide bonds. The average molecular weight is 289 g/mol. The van der Waals surface area contributed by atoms with Crippen LogP contribution in [0.1, 0.15) is 19.8 Å². The molecule has 0 radical (unpaired) electrons. The molecule has 0 bridgehead atoms. The number of aromatic nitrogens is 2. The van der Waals surface area contributed by atoms with Gasteiger partial charge in [0.25, 0.3) is 0 Å². The lowest BCUT2D eigenvalue weighted by Gasteiger charge is -2.01. The number of rotatable bonds is 7. The first-order valence-corrected chi connectivity index (χ1v) is 8.42. The maximum atomic E-state index is 11.5. The minimum atomic E-state index is 0.0989. The van der Waals surface area contributed by atoms with Crippen LogP contribution < -0.4 is 5.32 Å². The van der Waals surface area contributed by atoms with Gasteiger partial charge in [0.15, 0.2) is 8.68 Å². The quantitative estimate of drug-likeness (QED) is 0.780. The summed E-state index contributed by atoms with van der Waals surface area (Å²) in [4.78, 5) is 11.5. The van der Waals surface area contributed by atoms with Crippen LogP contribution in [-0.2, 0) is 4.79 Å². The zero-order valence-corrected chi connectivity index (χ0v) is 12.1. The number of carbonyl (C=O) groups is 1. The van der Waals surface area contributed by atoms with E-state index >= 15 is 0 Å². The molecule has 4 nitrogen and oxygen atoms in total. The summed E-state index contributed by atoms with van der Waals surface area (Å²) in [6.07, 6.45) is 2.53. The number of hydrogen-bond donors (Lipinski definition) is 1. The number of hydrogen-bond acceptors (Lipinski definition) is 6. The smallest absolute Gasteiger partial charge is 0.230 e. The molecule has 1 aromatic rings. The third-order valence-corrected chi connectivity index (χ3v) is 5.34. The van der Waals surface area contributed by atoms with E-state index in [9.17, 15) is 4.79 Å². The maximum Gasteiger partial charge on any atom is 0.230 e. The highest BCUT2D eigenvalue weighted by molar-refractivity contribution is 8.03. The summed E-state index contributed by atoms with van der Waals surface area (Å²) in [6, 6.07) is 0. The van der Waals surface area contributed by atoms with Gasteiger partial charge in [-0.2, -0.15) is 0 Å². The summed E-state index contributed by atoms with van der Waals surface area (Å²) in [5.74, 6) is 2.28. The highest BCUT2D eigenvalue weighted by Crippen LogP contribution is 2.29. The standard InChI is InChI=1S/C10H15N3OS3/c1-2-15-9-12-13-10(17-9)16-6-8(14)11-5-7-3-4-7/h7H,2-6H2,1H3,(H,11,14). The van der Waals surface area contributed by atoms with Crippen molar-refractivity contribution in [2.75, 3.05) is 18.1 Å². The highest BCUT2D eigenvalue weighted by atomic mass is 32.2. The number of thioether (sulfide) groups is 2. The van der Waals surface area contributed by atoms with E-state index in [1.165, 1.54) is 24.6 Å². The molecule has 0 saturated heterocycles. The minimum Gasteiger partial charge on any atom is -0.355 e. The third kappa shape index (κ3) is 4.85. The molecule has 1 aromatic heterocycles. The topological polar surface area (TPSA) is 54.9 Å². The zero-order chi connectivity index (χ0) is 12.1. The fraction of sp³-hybridized carbons (Fsp3) is 0.700. The lowest BCUT2D eigenvalue weighted by Crippen LogP contribution is -2.27. The van der Waals surface area contributed by atoms with Gasteiger partial charge in [-0.05, 0) is 24.5 Å². The van der Waals surface area contributed by atoms with Crippen LogP contribution in [0, 0.1) is 5.92 Å². The van der Waals surface area contributed by atoms with Gasteiger partial charge < -0.3 is 5.32 Å². The van der Waals surface area contributed by atoms with Crippen molar-refractivity contribution in [1.82, 2.24) is 15.5 Å². The van der Waals surface area contributed by atoms with E-state index in [4.69, 9.17) is 0 Å². The summed E-state index contributed by atoms with van der Waals surface area (Å²) in [5, 5.41) is 11.0. The molecule has 94 valence electrons. The van der Waals surface area contributed by atoms with Crippen LogP contribution in [0.4, 0.5) is 0 Å². The van der Waals surface area contributed by atoms with Crippen LogP contribution in [0.5, 0.6) is 0 Å². The van der Waals surface area contributed by atoms with Crippen LogP contribution in [0.15, 0.2) is 8.68 Å². The summed E-state index contributed by atoms with van der Waals surface area (Å²) in [5.41, 5.74) is 0. The number of amides is 1. The Kier molecular flexibility index (Phi) is 5.12. The molecule has 7 heteroatoms. The molecular formula is C10H15N3OS3. The Morgan fingerprint density at radius 2 is 2.12 bits per heavy atom. The lowest BCUT2D eigenvalue weighted by atomic mass is 10.4. The van der Waals surface area contributed by atoms with Gasteiger partial charge in [0.1, 0.15) is 0 Å². The van der Waals surface area contributed by atoms with Crippen molar-refractivity contribution in [3.05, 3.63) is 0 Å². The molecular weight excluding hydrogens is 274 g/mol. The number of nitrogens with zero attached hydrogens (tertiary/aromatic N) is 2. The normalized spacial score (nSPS) is 14.9. The van der Waals surface area contributed by atoms with Gasteiger partial charge in [0, 0.05) is 6.54 Å². The maximum absolute atomic E-state index is 11.5. The monoisotopic (exact) mass is 289 g/mol. The molecule has 1 heterocycles. The van der Waals surface area contributed by atoms with E-state index in [1.807, 2.05) is 0 Å². The number of carbonyl (C=O) groups excluding carboxylic acids is 1. The number of nitrogens with one attached hydrogen (secondary N) is 1. The Morgan fingerprint density at radius 1 is 1.41 bits per heavy atom. The first-order chi connectivity index (χ1) is 8.28. The van der Waals surface area contributed by atoms with Gasteiger partial charge in [-0.25, -0.2) is 0 Å². The largest absolute Gasteiger partial charge is 0.355 e. The van der Waals surface area contributed by atoms with Crippen LogP contribution >= 0.6 is 34.9 Å². The fourth-order valence-electron chi connectivity index (χ4n) is 1.20. The van der Waals surface area contributed by atoms with Crippen LogP contribution in [0.25, 0.3) is 0 Å². The molecule has 0 atom stereocenters. The Balaban J connectivity index is 1.66. The first-order valence-electron chi connectivity index (χ1n) is 5.63. The molecule has 0 aromatic carbocycles. The van der Waals surface area contributed by atoms with Gasteiger partial charge in [0.05, 0.1) is 5.75 Å².